The minimum Gasteiger partial charge on any atom is -0.348 e. The van der Waals surface area contributed by atoms with Crippen molar-refractivity contribution in [3.8, 4) is 0 Å². The van der Waals surface area contributed by atoms with Gasteiger partial charge in [0.1, 0.15) is 18.2 Å². The molecule has 0 saturated heterocycles. The van der Waals surface area contributed by atoms with Gasteiger partial charge in [-0.1, -0.05) is 0 Å². The molecule has 1 aromatic carbocycles. The van der Waals surface area contributed by atoms with E-state index in [9.17, 15) is 23.2 Å². The van der Waals surface area contributed by atoms with E-state index in [0.717, 1.165) is 33.4 Å². The van der Waals surface area contributed by atoms with Gasteiger partial charge in [-0.05, 0) is 25.1 Å². The number of carbonyl (C=O) groups excluding carboxylic acids is 1. The Labute approximate surface area is 130 Å². The van der Waals surface area contributed by atoms with Gasteiger partial charge in [-0.15, -0.1) is 0 Å². The SMILES string of the molecule is C[C@@H](NC(=O)Cn1ccc(=O)n(C)c1=O)c1cc(F)ccc1F. The number of nitrogens with zero attached hydrogens (tertiary/aromatic N) is 2. The maximum Gasteiger partial charge on any atom is 0.331 e. The number of rotatable bonds is 4. The van der Waals surface area contributed by atoms with Crippen molar-refractivity contribution in [2.24, 2.45) is 7.05 Å². The second-order valence-electron chi connectivity index (χ2n) is 5.08. The fourth-order valence-electron chi connectivity index (χ4n) is 2.10. The molecule has 1 heterocycles. The van der Waals surface area contributed by atoms with Crippen LogP contribution in [-0.2, 0) is 18.4 Å². The van der Waals surface area contributed by atoms with Crippen molar-refractivity contribution in [1.29, 1.82) is 0 Å². The average molecular weight is 323 g/mol. The van der Waals surface area contributed by atoms with E-state index in [1.54, 1.807) is 0 Å². The highest BCUT2D eigenvalue weighted by Crippen LogP contribution is 2.17. The lowest BCUT2D eigenvalue weighted by atomic mass is 10.1. The molecule has 122 valence electrons. The van der Waals surface area contributed by atoms with E-state index in [-0.39, 0.29) is 12.1 Å². The Hall–Kier alpha value is -2.77. The predicted octanol–water partition coefficient (Wildman–Crippen LogP) is 0.703. The summed E-state index contributed by atoms with van der Waals surface area (Å²) in [5, 5.41) is 2.48. The zero-order valence-corrected chi connectivity index (χ0v) is 12.5. The molecule has 23 heavy (non-hydrogen) atoms. The van der Waals surface area contributed by atoms with Crippen LogP contribution in [-0.4, -0.2) is 15.0 Å². The van der Waals surface area contributed by atoms with Crippen LogP contribution in [0.1, 0.15) is 18.5 Å². The summed E-state index contributed by atoms with van der Waals surface area (Å²) >= 11 is 0. The lowest BCUT2D eigenvalue weighted by Crippen LogP contribution is -2.40. The standard InChI is InChI=1S/C15H15F2N3O3/c1-9(11-7-10(16)3-4-12(11)17)18-13(21)8-20-6-5-14(22)19(2)15(20)23/h3-7,9H,8H2,1-2H3,(H,18,21)/t9-/m1/s1. The van der Waals surface area contributed by atoms with Crippen LogP contribution in [0.3, 0.4) is 0 Å². The molecule has 8 heteroatoms. The normalized spacial score (nSPS) is 12.0. The van der Waals surface area contributed by atoms with Crippen LogP contribution in [0.2, 0.25) is 0 Å². The largest absolute Gasteiger partial charge is 0.348 e. The van der Waals surface area contributed by atoms with Gasteiger partial charge in [0.25, 0.3) is 5.56 Å². The molecule has 0 fully saturated rings. The number of amides is 1. The predicted molar refractivity (Wildman–Crippen MR) is 78.9 cm³/mol. The fraction of sp³-hybridized carbons (Fsp3) is 0.267. The lowest BCUT2D eigenvalue weighted by molar-refractivity contribution is -0.122. The molecule has 1 aromatic heterocycles. The molecule has 2 aromatic rings. The molecular formula is C15H15F2N3O3. The first kappa shape index (κ1) is 16.6. The molecule has 0 aliphatic heterocycles. The van der Waals surface area contributed by atoms with E-state index in [1.165, 1.54) is 20.2 Å². The molecule has 0 aliphatic rings. The third kappa shape index (κ3) is 3.71. The molecule has 0 spiro atoms. The minimum absolute atomic E-state index is 0.00570. The van der Waals surface area contributed by atoms with Crippen LogP contribution >= 0.6 is 0 Å². The Morgan fingerprint density at radius 1 is 1.26 bits per heavy atom. The molecule has 0 radical (unpaired) electrons. The summed E-state index contributed by atoms with van der Waals surface area (Å²) in [6, 6.07) is 3.34. The van der Waals surface area contributed by atoms with Crippen LogP contribution in [0.25, 0.3) is 0 Å². The van der Waals surface area contributed by atoms with Crippen molar-refractivity contribution in [3.63, 3.8) is 0 Å². The summed E-state index contributed by atoms with van der Waals surface area (Å²) in [6.45, 7) is 1.16. The van der Waals surface area contributed by atoms with E-state index in [4.69, 9.17) is 0 Å². The second-order valence-corrected chi connectivity index (χ2v) is 5.08. The zero-order chi connectivity index (χ0) is 17.1. The number of hydrogen-bond acceptors (Lipinski definition) is 3. The Kier molecular flexibility index (Phi) is 4.73. The van der Waals surface area contributed by atoms with Crippen LogP contribution in [0, 0.1) is 11.6 Å². The number of nitrogens with one attached hydrogen (secondary N) is 1. The molecule has 1 amide bonds. The first-order valence-electron chi connectivity index (χ1n) is 6.80. The van der Waals surface area contributed by atoms with Crippen LogP contribution < -0.4 is 16.6 Å². The average Bonchev–Trinajstić information content (AvgIpc) is 2.50. The zero-order valence-electron chi connectivity index (χ0n) is 12.5. The van der Waals surface area contributed by atoms with Gasteiger partial charge in [-0.25, -0.2) is 13.6 Å². The van der Waals surface area contributed by atoms with Gasteiger partial charge in [0.2, 0.25) is 5.91 Å². The molecular weight excluding hydrogens is 308 g/mol. The van der Waals surface area contributed by atoms with E-state index < -0.39 is 34.8 Å². The number of hydrogen-bond donors (Lipinski definition) is 1. The number of aromatic nitrogens is 2. The Balaban J connectivity index is 2.14. The number of halogens is 2. The van der Waals surface area contributed by atoms with Crippen molar-refractivity contribution in [1.82, 2.24) is 14.5 Å². The fourth-order valence-corrected chi connectivity index (χ4v) is 2.10. The van der Waals surface area contributed by atoms with Gasteiger partial charge in [0, 0.05) is 24.9 Å². The van der Waals surface area contributed by atoms with Crippen molar-refractivity contribution in [2.75, 3.05) is 0 Å². The summed E-state index contributed by atoms with van der Waals surface area (Å²) in [5.74, 6) is -1.82. The number of benzene rings is 1. The van der Waals surface area contributed by atoms with Crippen molar-refractivity contribution < 1.29 is 13.6 Å². The highest BCUT2D eigenvalue weighted by molar-refractivity contribution is 5.76. The molecule has 1 atom stereocenters. The second kappa shape index (κ2) is 6.55. The Morgan fingerprint density at radius 3 is 2.65 bits per heavy atom. The smallest absolute Gasteiger partial charge is 0.331 e. The van der Waals surface area contributed by atoms with Crippen LogP contribution in [0.5, 0.6) is 0 Å². The highest BCUT2D eigenvalue weighted by Gasteiger charge is 2.15. The van der Waals surface area contributed by atoms with Gasteiger partial charge >= 0.3 is 5.69 Å². The lowest BCUT2D eigenvalue weighted by Gasteiger charge is -2.16. The molecule has 0 unspecified atom stereocenters. The summed E-state index contributed by atoms with van der Waals surface area (Å²) in [7, 11) is 1.30. The molecule has 2 rings (SSSR count). The van der Waals surface area contributed by atoms with Gasteiger partial charge < -0.3 is 5.32 Å². The van der Waals surface area contributed by atoms with Crippen molar-refractivity contribution in [2.45, 2.75) is 19.5 Å². The van der Waals surface area contributed by atoms with Crippen molar-refractivity contribution in [3.05, 3.63) is 68.5 Å². The van der Waals surface area contributed by atoms with E-state index in [2.05, 4.69) is 5.32 Å². The topological polar surface area (TPSA) is 73.1 Å². The molecule has 0 saturated carbocycles. The molecule has 6 nitrogen and oxygen atoms in total. The maximum atomic E-state index is 13.6. The maximum absolute atomic E-state index is 13.6. The van der Waals surface area contributed by atoms with Crippen molar-refractivity contribution >= 4 is 5.91 Å². The van der Waals surface area contributed by atoms with E-state index >= 15 is 0 Å². The van der Waals surface area contributed by atoms with Gasteiger partial charge in [0.15, 0.2) is 0 Å². The highest BCUT2D eigenvalue weighted by atomic mass is 19.1. The van der Waals surface area contributed by atoms with Crippen LogP contribution in [0.15, 0.2) is 40.1 Å². The van der Waals surface area contributed by atoms with Crippen LogP contribution in [0.4, 0.5) is 8.78 Å². The minimum atomic E-state index is -0.776. The summed E-state index contributed by atoms with van der Waals surface area (Å²) < 4.78 is 28.7. The quantitative estimate of drug-likeness (QED) is 0.900. The first-order valence-corrected chi connectivity index (χ1v) is 6.80. The van der Waals surface area contributed by atoms with Gasteiger partial charge in [-0.2, -0.15) is 0 Å². The third-order valence-electron chi connectivity index (χ3n) is 3.38. The molecule has 0 aliphatic carbocycles. The van der Waals surface area contributed by atoms with E-state index in [1.807, 2.05) is 0 Å². The molecule has 1 N–H and O–H groups in total. The third-order valence-corrected chi connectivity index (χ3v) is 3.38. The molecule has 0 bridgehead atoms. The summed E-state index contributed by atoms with van der Waals surface area (Å²) in [6.07, 6.45) is 1.21. The van der Waals surface area contributed by atoms with E-state index in [0.29, 0.717) is 0 Å². The Bertz CT molecular complexity index is 858. The van der Waals surface area contributed by atoms with Gasteiger partial charge in [-0.3, -0.25) is 18.7 Å². The number of carbonyl (C=O) groups is 1. The monoisotopic (exact) mass is 323 g/mol. The first-order chi connectivity index (χ1) is 10.8. The summed E-state index contributed by atoms with van der Waals surface area (Å²) in [5.41, 5.74) is -1.12. The van der Waals surface area contributed by atoms with Gasteiger partial charge in [0.05, 0.1) is 6.04 Å². The summed E-state index contributed by atoms with van der Waals surface area (Å²) in [4.78, 5) is 35.1. The Morgan fingerprint density at radius 2 is 1.96 bits per heavy atom.